The number of nitrogens with zero attached hydrogens (tertiary/aromatic N) is 3. The maximum Gasteiger partial charge on any atom is 0.269 e. The predicted octanol–water partition coefficient (Wildman–Crippen LogP) is 0.793. The van der Waals surface area contributed by atoms with Gasteiger partial charge < -0.3 is 19.5 Å². The lowest BCUT2D eigenvalue weighted by molar-refractivity contribution is 0.0238. The number of nitrogens with one attached hydrogen (secondary N) is 1. The molecule has 1 aromatic rings. The zero-order valence-corrected chi connectivity index (χ0v) is 12.6. The first-order valence-electron chi connectivity index (χ1n) is 7.83. The molecule has 0 aromatic carbocycles. The fourth-order valence-corrected chi connectivity index (χ4v) is 3.29. The van der Waals surface area contributed by atoms with Gasteiger partial charge in [-0.25, -0.2) is 4.98 Å². The molecule has 0 unspecified atom stereocenters. The van der Waals surface area contributed by atoms with Crippen LogP contribution in [0.5, 0.6) is 0 Å². The minimum absolute atomic E-state index is 0.0143. The molecule has 0 bridgehead atoms. The first kappa shape index (κ1) is 14.5. The number of hydrogen-bond acceptors (Lipinski definition) is 4. The standard InChI is InChI=1S/C15H24N4O2/c1-18-11-16-10-14(18)15(20)17-12-2-6-19(7-3-12)13-4-8-21-9-5-13/h10-13H,2-9H2,1H3,(H,17,20). The molecule has 3 heterocycles. The van der Waals surface area contributed by atoms with Crippen LogP contribution in [0, 0.1) is 0 Å². The topological polar surface area (TPSA) is 59.4 Å². The van der Waals surface area contributed by atoms with Crippen LogP contribution in [-0.2, 0) is 11.8 Å². The molecule has 0 spiro atoms. The van der Waals surface area contributed by atoms with Crippen LogP contribution in [0.2, 0.25) is 0 Å². The first-order valence-corrected chi connectivity index (χ1v) is 7.83. The van der Waals surface area contributed by atoms with Gasteiger partial charge in [-0.05, 0) is 25.7 Å². The van der Waals surface area contributed by atoms with Gasteiger partial charge in [-0.15, -0.1) is 0 Å². The van der Waals surface area contributed by atoms with Crippen molar-refractivity contribution in [2.75, 3.05) is 26.3 Å². The Balaban J connectivity index is 1.47. The van der Waals surface area contributed by atoms with Crippen LogP contribution in [0.1, 0.15) is 36.2 Å². The predicted molar refractivity (Wildman–Crippen MR) is 79.1 cm³/mol. The van der Waals surface area contributed by atoms with E-state index in [9.17, 15) is 4.79 Å². The highest BCUT2D eigenvalue weighted by Crippen LogP contribution is 2.20. The highest BCUT2D eigenvalue weighted by molar-refractivity contribution is 5.92. The molecule has 1 N–H and O–H groups in total. The van der Waals surface area contributed by atoms with Crippen LogP contribution in [0.25, 0.3) is 0 Å². The number of rotatable bonds is 3. The van der Waals surface area contributed by atoms with Gasteiger partial charge >= 0.3 is 0 Å². The van der Waals surface area contributed by atoms with Crippen LogP contribution in [0.15, 0.2) is 12.5 Å². The highest BCUT2D eigenvalue weighted by atomic mass is 16.5. The fourth-order valence-electron chi connectivity index (χ4n) is 3.29. The van der Waals surface area contributed by atoms with Gasteiger partial charge in [0.15, 0.2) is 0 Å². The molecular formula is C15H24N4O2. The summed E-state index contributed by atoms with van der Waals surface area (Å²) in [5, 5.41) is 3.13. The van der Waals surface area contributed by atoms with Crippen LogP contribution < -0.4 is 5.32 Å². The number of amides is 1. The van der Waals surface area contributed by atoms with Crippen LogP contribution in [0.3, 0.4) is 0 Å². The zero-order chi connectivity index (χ0) is 14.7. The summed E-state index contributed by atoms with van der Waals surface area (Å²) in [6, 6.07) is 0.955. The first-order chi connectivity index (χ1) is 10.2. The number of piperidine rings is 1. The molecule has 3 rings (SSSR count). The van der Waals surface area contributed by atoms with Crippen molar-refractivity contribution in [2.45, 2.75) is 37.8 Å². The Morgan fingerprint density at radius 3 is 2.62 bits per heavy atom. The van der Waals surface area contributed by atoms with Gasteiger partial charge in [0, 0.05) is 45.4 Å². The summed E-state index contributed by atoms with van der Waals surface area (Å²) >= 11 is 0. The van der Waals surface area contributed by atoms with E-state index in [0.717, 1.165) is 52.0 Å². The van der Waals surface area contributed by atoms with Gasteiger partial charge in [-0.3, -0.25) is 4.79 Å². The van der Waals surface area contributed by atoms with E-state index in [2.05, 4.69) is 15.2 Å². The third-order valence-corrected chi connectivity index (χ3v) is 4.62. The van der Waals surface area contributed by atoms with E-state index in [-0.39, 0.29) is 11.9 Å². The number of carbonyl (C=O) groups is 1. The molecule has 0 radical (unpaired) electrons. The van der Waals surface area contributed by atoms with Crippen molar-refractivity contribution in [2.24, 2.45) is 7.05 Å². The molecule has 1 aromatic heterocycles. The Kier molecular flexibility index (Phi) is 4.55. The SMILES string of the molecule is Cn1cncc1C(=O)NC1CCN(C2CCOCC2)CC1. The van der Waals surface area contributed by atoms with Gasteiger partial charge in [0.05, 0.1) is 12.5 Å². The number of aryl methyl sites for hydroxylation is 1. The van der Waals surface area contributed by atoms with E-state index in [0.29, 0.717) is 11.7 Å². The second-order valence-corrected chi connectivity index (χ2v) is 6.02. The van der Waals surface area contributed by atoms with Crippen molar-refractivity contribution < 1.29 is 9.53 Å². The summed E-state index contributed by atoms with van der Waals surface area (Å²) in [7, 11) is 1.84. The van der Waals surface area contributed by atoms with Gasteiger partial charge in [0.25, 0.3) is 5.91 Å². The van der Waals surface area contributed by atoms with E-state index in [1.54, 1.807) is 17.1 Å². The second kappa shape index (κ2) is 6.58. The van der Waals surface area contributed by atoms with Gasteiger partial charge in [0.1, 0.15) is 5.69 Å². The molecule has 2 aliphatic heterocycles. The maximum atomic E-state index is 12.2. The van der Waals surface area contributed by atoms with Crippen molar-refractivity contribution in [3.63, 3.8) is 0 Å². The minimum atomic E-state index is -0.0143. The Hall–Kier alpha value is -1.40. The van der Waals surface area contributed by atoms with Gasteiger partial charge in [-0.1, -0.05) is 0 Å². The van der Waals surface area contributed by atoms with Crippen molar-refractivity contribution >= 4 is 5.91 Å². The maximum absolute atomic E-state index is 12.2. The Morgan fingerprint density at radius 1 is 1.29 bits per heavy atom. The molecule has 0 atom stereocenters. The lowest BCUT2D eigenvalue weighted by atomic mass is 9.99. The summed E-state index contributed by atoms with van der Waals surface area (Å²) in [5.74, 6) is -0.0143. The molecule has 21 heavy (non-hydrogen) atoms. The van der Waals surface area contributed by atoms with Crippen LogP contribution in [-0.4, -0.2) is 58.7 Å². The van der Waals surface area contributed by atoms with Crippen molar-refractivity contribution in [1.29, 1.82) is 0 Å². The summed E-state index contributed by atoms with van der Waals surface area (Å²) in [4.78, 5) is 18.7. The van der Waals surface area contributed by atoms with Crippen molar-refractivity contribution in [3.8, 4) is 0 Å². The summed E-state index contributed by atoms with van der Waals surface area (Å²) in [6.07, 6.45) is 7.62. The minimum Gasteiger partial charge on any atom is -0.381 e. The molecule has 6 nitrogen and oxygen atoms in total. The molecule has 1 amide bonds. The summed E-state index contributed by atoms with van der Waals surface area (Å²) in [6.45, 7) is 3.92. The molecule has 116 valence electrons. The van der Waals surface area contributed by atoms with Gasteiger partial charge in [0.2, 0.25) is 0 Å². The average molecular weight is 292 g/mol. The molecule has 2 saturated heterocycles. The monoisotopic (exact) mass is 292 g/mol. The van der Waals surface area contributed by atoms with E-state index in [1.807, 2.05) is 7.05 Å². The second-order valence-electron chi connectivity index (χ2n) is 6.02. The average Bonchev–Trinajstić information content (AvgIpc) is 2.95. The third-order valence-electron chi connectivity index (χ3n) is 4.62. The van der Waals surface area contributed by atoms with E-state index < -0.39 is 0 Å². The largest absolute Gasteiger partial charge is 0.381 e. The zero-order valence-electron chi connectivity index (χ0n) is 12.6. The summed E-state index contributed by atoms with van der Waals surface area (Å²) in [5.41, 5.74) is 0.627. The van der Waals surface area contributed by atoms with Crippen LogP contribution in [0.4, 0.5) is 0 Å². The number of imidazole rings is 1. The third kappa shape index (κ3) is 3.44. The number of carbonyl (C=O) groups excluding carboxylic acids is 1. The molecule has 2 aliphatic rings. The van der Waals surface area contributed by atoms with Crippen LogP contribution >= 0.6 is 0 Å². The Bertz CT molecular complexity index is 474. The van der Waals surface area contributed by atoms with Crippen molar-refractivity contribution in [1.82, 2.24) is 19.8 Å². The number of hydrogen-bond donors (Lipinski definition) is 1. The van der Waals surface area contributed by atoms with E-state index >= 15 is 0 Å². The van der Waals surface area contributed by atoms with E-state index in [1.165, 1.54) is 0 Å². The normalized spacial score (nSPS) is 22.3. The smallest absolute Gasteiger partial charge is 0.269 e. The lowest BCUT2D eigenvalue weighted by Crippen LogP contribution is -2.49. The number of likely N-dealkylation sites (tertiary alicyclic amines) is 1. The molecule has 0 aliphatic carbocycles. The van der Waals surface area contributed by atoms with Crippen molar-refractivity contribution in [3.05, 3.63) is 18.2 Å². The molecule has 6 heteroatoms. The Morgan fingerprint density at radius 2 is 2.00 bits per heavy atom. The number of ether oxygens (including phenoxy) is 1. The highest BCUT2D eigenvalue weighted by Gasteiger charge is 2.27. The molecular weight excluding hydrogens is 268 g/mol. The van der Waals surface area contributed by atoms with Gasteiger partial charge in [-0.2, -0.15) is 0 Å². The van der Waals surface area contributed by atoms with E-state index in [4.69, 9.17) is 4.74 Å². The molecule has 2 fully saturated rings. The quantitative estimate of drug-likeness (QED) is 0.895. The lowest BCUT2D eigenvalue weighted by Gasteiger charge is -2.39. The fraction of sp³-hybridized carbons (Fsp3) is 0.733. The summed E-state index contributed by atoms with van der Waals surface area (Å²) < 4.78 is 7.18. The number of aromatic nitrogens is 2. The molecule has 0 saturated carbocycles. The Labute approximate surface area is 125 Å².